The molecule has 0 saturated carbocycles. The molecule has 2 aromatic carbocycles. The van der Waals surface area contributed by atoms with Crippen LogP contribution >= 0.6 is 0 Å². The molecule has 3 aromatic rings. The lowest BCUT2D eigenvalue weighted by atomic mass is 9.72. The molecule has 3 heterocycles. The number of fused-ring (bicyclic) bond motifs is 1. The highest BCUT2D eigenvalue weighted by Crippen LogP contribution is 2.38. The van der Waals surface area contributed by atoms with Crippen molar-refractivity contribution in [2.45, 2.75) is 25.7 Å². The Morgan fingerprint density at radius 1 is 1.06 bits per heavy atom. The molecule has 1 aromatic heterocycles. The maximum Gasteiger partial charge on any atom is 0.229 e. The quantitative estimate of drug-likeness (QED) is 0.556. The van der Waals surface area contributed by atoms with Crippen LogP contribution in [0.3, 0.4) is 0 Å². The van der Waals surface area contributed by atoms with Crippen LogP contribution in [0.1, 0.15) is 24.0 Å². The summed E-state index contributed by atoms with van der Waals surface area (Å²) in [6.45, 7) is 4.09. The highest BCUT2D eigenvalue weighted by molar-refractivity contribution is 5.83. The Kier molecular flexibility index (Phi) is 6.70. The molecular weight excluding hydrogens is 431 g/mol. The van der Waals surface area contributed by atoms with Crippen LogP contribution in [0.4, 0.5) is 4.39 Å². The van der Waals surface area contributed by atoms with Gasteiger partial charge in [-0.2, -0.15) is 0 Å². The second kappa shape index (κ2) is 9.88. The van der Waals surface area contributed by atoms with E-state index >= 15 is 0 Å². The summed E-state index contributed by atoms with van der Waals surface area (Å²) in [4.78, 5) is 18.4. The van der Waals surface area contributed by atoms with Crippen molar-refractivity contribution < 1.29 is 18.3 Å². The molecule has 2 aliphatic heterocycles. The van der Waals surface area contributed by atoms with Crippen molar-refractivity contribution in [3.63, 3.8) is 0 Å². The molecule has 0 spiro atoms. The van der Waals surface area contributed by atoms with Gasteiger partial charge < -0.3 is 19.0 Å². The highest BCUT2D eigenvalue weighted by Gasteiger charge is 2.44. The molecule has 5 rings (SSSR count). The molecule has 180 valence electrons. The Morgan fingerprint density at radius 3 is 2.68 bits per heavy atom. The van der Waals surface area contributed by atoms with Gasteiger partial charge in [-0.1, -0.05) is 30.3 Å². The smallest absolute Gasteiger partial charge is 0.229 e. The summed E-state index contributed by atoms with van der Waals surface area (Å²) in [5, 5.41) is 1.12. The zero-order valence-corrected chi connectivity index (χ0v) is 19.8. The van der Waals surface area contributed by atoms with Gasteiger partial charge in [0.1, 0.15) is 11.4 Å². The fourth-order valence-electron chi connectivity index (χ4n) is 5.59. The van der Waals surface area contributed by atoms with E-state index in [-0.39, 0.29) is 17.6 Å². The maximum absolute atomic E-state index is 14.6. The first kappa shape index (κ1) is 23.1. The molecule has 2 aliphatic rings. The summed E-state index contributed by atoms with van der Waals surface area (Å²) in [6.07, 6.45) is 4.48. The van der Waals surface area contributed by atoms with Gasteiger partial charge in [-0.05, 0) is 75.1 Å². The van der Waals surface area contributed by atoms with E-state index in [1.165, 1.54) is 11.6 Å². The third-order valence-corrected chi connectivity index (χ3v) is 7.60. The molecule has 0 bridgehead atoms. The molecule has 2 fully saturated rings. The first-order valence-corrected chi connectivity index (χ1v) is 12.3. The van der Waals surface area contributed by atoms with Crippen LogP contribution in [0.2, 0.25) is 0 Å². The van der Waals surface area contributed by atoms with E-state index < -0.39 is 5.41 Å². The number of carbonyl (C=O) groups is 1. The van der Waals surface area contributed by atoms with Crippen molar-refractivity contribution in [3.8, 4) is 0 Å². The number of furan rings is 1. The number of rotatable bonds is 5. The Labute approximate surface area is 200 Å². The summed E-state index contributed by atoms with van der Waals surface area (Å²) in [5.41, 5.74) is 2.16. The van der Waals surface area contributed by atoms with Crippen molar-refractivity contribution >= 4 is 16.9 Å². The van der Waals surface area contributed by atoms with E-state index in [0.717, 1.165) is 43.3 Å². The lowest BCUT2D eigenvalue weighted by molar-refractivity contribution is -0.145. The fraction of sp³-hybridized carbons (Fsp3) is 0.464. The van der Waals surface area contributed by atoms with Gasteiger partial charge in [-0.25, -0.2) is 4.39 Å². The van der Waals surface area contributed by atoms with Gasteiger partial charge in [0.2, 0.25) is 5.91 Å². The lowest BCUT2D eigenvalue weighted by Gasteiger charge is -2.42. The molecule has 34 heavy (non-hydrogen) atoms. The average molecular weight is 465 g/mol. The van der Waals surface area contributed by atoms with E-state index in [2.05, 4.69) is 18.0 Å². The molecule has 0 radical (unpaired) electrons. The topological polar surface area (TPSA) is 45.9 Å². The number of carbonyl (C=O) groups excluding carboxylic acids is 1. The third-order valence-electron chi connectivity index (χ3n) is 7.60. The highest BCUT2D eigenvalue weighted by atomic mass is 19.1. The summed E-state index contributed by atoms with van der Waals surface area (Å²) in [7, 11) is 2.09. The maximum atomic E-state index is 14.6. The van der Waals surface area contributed by atoms with Gasteiger partial charge in [0.05, 0.1) is 24.9 Å². The standard InChI is InChI=1S/C28H33FN2O3/c1-30-12-10-28(11-13-30,18-23-5-2-3-7-25(23)29)27(32)31-14-16-33-20-21(19-31)17-22-6-4-8-26-24(22)9-15-34-26/h2-9,15,21H,10-14,16-20H2,1H3/t21-/m0/s1. The summed E-state index contributed by atoms with van der Waals surface area (Å²) in [5.74, 6) is 0.128. The molecule has 1 atom stereocenters. The van der Waals surface area contributed by atoms with Gasteiger partial charge in [-0.15, -0.1) is 0 Å². The van der Waals surface area contributed by atoms with Crippen LogP contribution in [-0.4, -0.2) is 62.1 Å². The van der Waals surface area contributed by atoms with Gasteiger partial charge in [0, 0.05) is 24.4 Å². The number of nitrogens with zero attached hydrogens (tertiary/aromatic N) is 2. The minimum Gasteiger partial charge on any atom is -0.464 e. The normalized spacial score (nSPS) is 21.5. The molecule has 1 amide bonds. The van der Waals surface area contributed by atoms with E-state index in [0.29, 0.717) is 38.3 Å². The minimum atomic E-state index is -0.575. The van der Waals surface area contributed by atoms with Crippen LogP contribution in [0.25, 0.3) is 11.0 Å². The molecule has 6 heteroatoms. The van der Waals surface area contributed by atoms with Crippen LogP contribution in [0.5, 0.6) is 0 Å². The Hall–Kier alpha value is -2.70. The van der Waals surface area contributed by atoms with Crippen molar-refractivity contribution in [3.05, 3.63) is 71.7 Å². The van der Waals surface area contributed by atoms with Crippen molar-refractivity contribution in [1.29, 1.82) is 0 Å². The molecule has 0 aliphatic carbocycles. The monoisotopic (exact) mass is 464 g/mol. The van der Waals surface area contributed by atoms with Crippen molar-refractivity contribution in [1.82, 2.24) is 9.80 Å². The number of hydrogen-bond donors (Lipinski definition) is 0. The first-order chi connectivity index (χ1) is 16.5. The number of likely N-dealkylation sites (tertiary alicyclic amines) is 1. The van der Waals surface area contributed by atoms with Crippen molar-refractivity contribution in [2.24, 2.45) is 11.3 Å². The fourth-order valence-corrected chi connectivity index (χ4v) is 5.59. The Balaban J connectivity index is 1.37. The van der Waals surface area contributed by atoms with E-state index in [4.69, 9.17) is 9.15 Å². The summed E-state index contributed by atoms with van der Waals surface area (Å²) < 4.78 is 26.1. The van der Waals surface area contributed by atoms with Gasteiger partial charge >= 0.3 is 0 Å². The predicted octanol–water partition coefficient (Wildman–Crippen LogP) is 4.54. The first-order valence-electron chi connectivity index (χ1n) is 12.3. The van der Waals surface area contributed by atoms with Gasteiger partial charge in [0.15, 0.2) is 0 Å². The van der Waals surface area contributed by atoms with E-state index in [1.54, 1.807) is 12.3 Å². The number of hydrogen-bond acceptors (Lipinski definition) is 4. The van der Waals surface area contributed by atoms with Crippen LogP contribution in [0, 0.1) is 17.2 Å². The van der Waals surface area contributed by atoms with Gasteiger partial charge in [0.25, 0.3) is 0 Å². The van der Waals surface area contributed by atoms with Crippen LogP contribution < -0.4 is 0 Å². The summed E-state index contributed by atoms with van der Waals surface area (Å²) in [6, 6.07) is 15.0. The van der Waals surface area contributed by atoms with E-state index in [9.17, 15) is 9.18 Å². The number of amides is 1. The third kappa shape index (κ3) is 4.75. The van der Waals surface area contributed by atoms with Crippen molar-refractivity contribution in [2.75, 3.05) is 46.4 Å². The molecular formula is C28H33FN2O3. The minimum absolute atomic E-state index is 0.154. The molecule has 0 N–H and O–H groups in total. The number of halogens is 1. The summed E-state index contributed by atoms with van der Waals surface area (Å²) >= 11 is 0. The number of ether oxygens (including phenoxy) is 1. The SMILES string of the molecule is CN1CCC(Cc2ccccc2F)(C(=O)N2CCOC[C@@H](Cc3cccc4occc34)C2)CC1. The molecule has 0 unspecified atom stereocenters. The average Bonchev–Trinajstić information content (AvgIpc) is 3.22. The Bertz CT molecular complexity index is 1140. The zero-order valence-electron chi connectivity index (χ0n) is 19.8. The lowest BCUT2D eigenvalue weighted by Crippen LogP contribution is -2.52. The van der Waals surface area contributed by atoms with E-state index in [1.807, 2.05) is 35.2 Å². The molecule has 2 saturated heterocycles. The predicted molar refractivity (Wildman–Crippen MR) is 130 cm³/mol. The number of benzene rings is 2. The van der Waals surface area contributed by atoms with Crippen LogP contribution in [-0.2, 0) is 22.4 Å². The van der Waals surface area contributed by atoms with Crippen LogP contribution in [0.15, 0.2) is 59.2 Å². The second-order valence-corrected chi connectivity index (χ2v) is 10.00. The molecule has 5 nitrogen and oxygen atoms in total. The second-order valence-electron chi connectivity index (χ2n) is 10.00. The largest absolute Gasteiger partial charge is 0.464 e. The Morgan fingerprint density at radius 2 is 1.85 bits per heavy atom. The number of piperidine rings is 1. The van der Waals surface area contributed by atoms with Gasteiger partial charge in [-0.3, -0.25) is 4.79 Å². The zero-order chi connectivity index (χ0) is 23.5.